The molecular formula is C28H36F6N2O5. The summed E-state index contributed by atoms with van der Waals surface area (Å²) in [6.07, 6.45) is -0.821. The predicted molar refractivity (Wildman–Crippen MR) is 139 cm³/mol. The zero-order chi connectivity index (χ0) is 31.0. The number of carbonyl (C=O) groups excluding carboxylic acids is 1. The van der Waals surface area contributed by atoms with E-state index in [1.54, 1.807) is 12.5 Å². The minimum Gasteiger partial charge on any atom is -0.475 e. The van der Waals surface area contributed by atoms with Crippen LogP contribution in [0.15, 0.2) is 35.9 Å². The molecule has 0 bridgehead atoms. The molecule has 1 aromatic rings. The van der Waals surface area contributed by atoms with E-state index in [1.807, 2.05) is 0 Å². The third-order valence-corrected chi connectivity index (χ3v) is 7.24. The van der Waals surface area contributed by atoms with Crippen LogP contribution in [0.1, 0.15) is 57.9 Å². The number of aliphatic carboxylic acids is 2. The average Bonchev–Trinajstić information content (AvgIpc) is 3.58. The molecule has 2 aliphatic carbocycles. The van der Waals surface area contributed by atoms with Crippen LogP contribution in [0.3, 0.4) is 0 Å². The van der Waals surface area contributed by atoms with Crippen molar-refractivity contribution < 1.29 is 50.9 Å². The maximum atomic E-state index is 11.0. The first kappa shape index (κ1) is 34.3. The van der Waals surface area contributed by atoms with Crippen LogP contribution < -0.4 is 5.32 Å². The smallest absolute Gasteiger partial charge is 0.475 e. The largest absolute Gasteiger partial charge is 0.490 e. The zero-order valence-corrected chi connectivity index (χ0v) is 22.9. The van der Waals surface area contributed by atoms with Crippen molar-refractivity contribution in [3.8, 4) is 0 Å². The highest BCUT2D eigenvalue weighted by atomic mass is 19.4. The topological polar surface area (TPSA) is 107 Å². The molecule has 1 saturated heterocycles. The van der Waals surface area contributed by atoms with Crippen LogP contribution in [-0.4, -0.2) is 76.9 Å². The number of carbonyl (C=O) groups is 3. The first-order chi connectivity index (χ1) is 19.0. The molecule has 1 aromatic carbocycles. The fourth-order valence-corrected chi connectivity index (χ4v) is 5.30. The number of likely N-dealkylation sites (tertiary alicyclic amines) is 1. The zero-order valence-electron chi connectivity index (χ0n) is 22.9. The molecule has 13 heteroatoms. The minimum absolute atomic E-state index is 0.324. The third kappa shape index (κ3) is 11.5. The van der Waals surface area contributed by atoms with E-state index < -0.39 is 24.3 Å². The summed E-state index contributed by atoms with van der Waals surface area (Å²) in [5.74, 6) is -4.44. The molecule has 4 rings (SSSR count). The van der Waals surface area contributed by atoms with Gasteiger partial charge >= 0.3 is 24.3 Å². The number of hydrogen-bond acceptors (Lipinski definition) is 5. The molecule has 2 saturated carbocycles. The average molecular weight is 595 g/mol. The Bertz CT molecular complexity index is 1040. The molecule has 41 heavy (non-hydrogen) atoms. The summed E-state index contributed by atoms with van der Waals surface area (Å²) < 4.78 is 63.5. The summed E-state index contributed by atoms with van der Waals surface area (Å²) in [6, 6.07) is 12.2. The molecule has 0 unspecified atom stereocenters. The van der Waals surface area contributed by atoms with E-state index in [1.165, 1.54) is 37.9 Å². The number of alkyl halides is 6. The van der Waals surface area contributed by atoms with Crippen molar-refractivity contribution in [2.24, 2.45) is 11.3 Å². The summed E-state index contributed by atoms with van der Waals surface area (Å²) in [6.45, 7) is 7.60. The molecule has 1 spiro atoms. The van der Waals surface area contributed by atoms with E-state index in [0.29, 0.717) is 17.2 Å². The number of carboxylic acid groups (broad SMARTS) is 2. The van der Waals surface area contributed by atoms with Crippen LogP contribution in [0.4, 0.5) is 26.3 Å². The molecule has 0 radical (unpaired) electrons. The molecule has 3 N–H and O–H groups in total. The second-order valence-electron chi connectivity index (χ2n) is 10.8. The number of benzene rings is 1. The van der Waals surface area contributed by atoms with Gasteiger partial charge in [0.2, 0.25) is 0 Å². The Hall–Kier alpha value is -2.93. The number of carboxylic acids is 2. The Balaban J connectivity index is 0.000000349. The number of hydrogen-bond donors (Lipinski definition) is 3. The molecule has 0 aromatic heterocycles. The van der Waals surface area contributed by atoms with E-state index in [9.17, 15) is 31.1 Å². The Labute approximate surface area is 234 Å². The Kier molecular flexibility index (Phi) is 12.0. The molecule has 0 amide bonds. The number of halogens is 6. The lowest BCUT2D eigenvalue weighted by Crippen LogP contribution is -2.66. The van der Waals surface area contributed by atoms with Gasteiger partial charge in [-0.25, -0.2) is 9.59 Å². The van der Waals surface area contributed by atoms with Crippen LogP contribution in [0.5, 0.6) is 0 Å². The summed E-state index contributed by atoms with van der Waals surface area (Å²) in [7, 11) is 0. The monoisotopic (exact) mass is 594 g/mol. The van der Waals surface area contributed by atoms with Crippen molar-refractivity contribution in [2.75, 3.05) is 19.6 Å². The Morgan fingerprint density at radius 2 is 1.51 bits per heavy atom. The first-order valence-electron chi connectivity index (χ1n) is 13.3. The van der Waals surface area contributed by atoms with E-state index in [2.05, 4.69) is 53.5 Å². The number of Topliss-reactive ketones (excluding diaryl/α,β-unsaturated/α-hetero) is 1. The van der Waals surface area contributed by atoms with Gasteiger partial charge in [0.1, 0.15) is 5.78 Å². The van der Waals surface area contributed by atoms with Gasteiger partial charge in [0, 0.05) is 31.6 Å². The molecule has 2 atom stereocenters. The summed E-state index contributed by atoms with van der Waals surface area (Å²) in [5.41, 5.74) is 3.54. The van der Waals surface area contributed by atoms with Crippen molar-refractivity contribution in [2.45, 2.75) is 76.8 Å². The number of ketones is 1. The van der Waals surface area contributed by atoms with Gasteiger partial charge < -0.3 is 25.2 Å². The van der Waals surface area contributed by atoms with Gasteiger partial charge in [-0.3, -0.25) is 0 Å². The molecule has 1 heterocycles. The molecule has 3 aliphatic rings. The Morgan fingerprint density at radius 3 is 1.95 bits per heavy atom. The van der Waals surface area contributed by atoms with Crippen LogP contribution in [-0.2, 0) is 14.4 Å². The number of rotatable bonds is 9. The quantitative estimate of drug-likeness (QED) is 0.322. The van der Waals surface area contributed by atoms with Crippen molar-refractivity contribution in [3.63, 3.8) is 0 Å². The lowest BCUT2D eigenvalue weighted by Gasteiger charge is -2.59. The number of nitrogens with one attached hydrogen (secondary N) is 1. The van der Waals surface area contributed by atoms with Gasteiger partial charge in [0.25, 0.3) is 0 Å². The highest BCUT2D eigenvalue weighted by Crippen LogP contribution is 2.50. The van der Waals surface area contributed by atoms with Gasteiger partial charge in [-0.2, -0.15) is 26.3 Å². The normalized spacial score (nSPS) is 21.8. The Morgan fingerprint density at radius 1 is 1.00 bits per heavy atom. The molecule has 7 nitrogen and oxygen atoms in total. The number of nitrogens with zero attached hydrogens (tertiary/aromatic N) is 1. The van der Waals surface area contributed by atoms with E-state index in [-0.39, 0.29) is 0 Å². The van der Waals surface area contributed by atoms with Crippen molar-refractivity contribution in [1.29, 1.82) is 0 Å². The minimum atomic E-state index is -5.08. The van der Waals surface area contributed by atoms with Crippen molar-refractivity contribution >= 4 is 23.8 Å². The highest BCUT2D eigenvalue weighted by molar-refractivity contribution is 5.75. The van der Waals surface area contributed by atoms with Crippen LogP contribution >= 0.6 is 0 Å². The predicted octanol–water partition coefficient (Wildman–Crippen LogP) is 5.56. The van der Waals surface area contributed by atoms with E-state index in [4.69, 9.17) is 19.8 Å². The molecule has 230 valence electrons. The van der Waals surface area contributed by atoms with Crippen LogP contribution in [0, 0.1) is 11.3 Å². The van der Waals surface area contributed by atoms with Crippen LogP contribution in [0.2, 0.25) is 0 Å². The summed E-state index contributed by atoms with van der Waals surface area (Å²) in [5, 5.41) is 18.2. The third-order valence-electron chi connectivity index (χ3n) is 7.24. The summed E-state index contributed by atoms with van der Waals surface area (Å²) in [4.78, 5) is 31.4. The standard InChI is InChI=1S/C24H34N2O.2C2HF3O2/c1-3-20(12-19-9-5-4-6-10-19)22-13-23(22)25-21-14-24(15-21)16-26(17-24)11-7-8-18(2)27;2*3-2(4,5)1(6)7/h4-6,9-10,12,21-23,25H,3,7-8,11,13-17H2,1-2H3;2*(H,6,7)/b20-12+;;/t22-,23+;;/m1../s1. The van der Waals surface area contributed by atoms with Gasteiger partial charge in [-0.05, 0) is 62.5 Å². The van der Waals surface area contributed by atoms with Crippen LogP contribution in [0.25, 0.3) is 6.08 Å². The van der Waals surface area contributed by atoms with E-state index in [0.717, 1.165) is 37.8 Å². The van der Waals surface area contributed by atoms with E-state index >= 15 is 0 Å². The SMILES string of the molecule is CC/C(=C\c1ccccc1)[C@H]1C[C@@H]1NC1CC2(C1)CN(CCCC(C)=O)C2.O=C(O)C(F)(F)F.O=C(O)C(F)(F)F. The fourth-order valence-electron chi connectivity index (χ4n) is 5.30. The first-order valence-corrected chi connectivity index (χ1v) is 13.3. The second-order valence-corrected chi connectivity index (χ2v) is 10.8. The maximum Gasteiger partial charge on any atom is 0.490 e. The fraction of sp³-hybridized carbons (Fsp3) is 0.607. The van der Waals surface area contributed by atoms with Gasteiger partial charge in [-0.1, -0.05) is 48.9 Å². The van der Waals surface area contributed by atoms with Gasteiger partial charge in [0.15, 0.2) is 0 Å². The maximum absolute atomic E-state index is 11.0. The van der Waals surface area contributed by atoms with Gasteiger partial charge in [-0.15, -0.1) is 0 Å². The molecular weight excluding hydrogens is 558 g/mol. The lowest BCUT2D eigenvalue weighted by molar-refractivity contribution is -0.193. The second kappa shape index (κ2) is 14.3. The summed E-state index contributed by atoms with van der Waals surface area (Å²) >= 11 is 0. The highest BCUT2D eigenvalue weighted by Gasteiger charge is 2.53. The van der Waals surface area contributed by atoms with Crippen molar-refractivity contribution in [1.82, 2.24) is 10.2 Å². The molecule has 3 fully saturated rings. The molecule has 1 aliphatic heterocycles. The van der Waals surface area contributed by atoms with Gasteiger partial charge in [0.05, 0.1) is 0 Å². The lowest BCUT2D eigenvalue weighted by atomic mass is 9.60. The van der Waals surface area contributed by atoms with Crippen molar-refractivity contribution in [3.05, 3.63) is 41.5 Å².